The molecule has 1 aliphatic rings. The van der Waals surface area contributed by atoms with Gasteiger partial charge < -0.3 is 5.32 Å². The number of nitrogens with one attached hydrogen (secondary N) is 2. The standard InChI is InChI=1S/C25H27N3O5S2/c1-19-8-12-22(13-9-19)34(30,31)26-17-16-25(29)27-21-10-14-23(15-11-21)35(32,33)28-18-4-6-20-5-2-3-7-24(20)28/h2-3,5,7-15,26H,4,6,16-18H2,1H3,(H,27,29). The van der Waals surface area contributed by atoms with Gasteiger partial charge in [-0.25, -0.2) is 21.6 Å². The van der Waals surface area contributed by atoms with Crippen molar-refractivity contribution in [3.05, 3.63) is 83.9 Å². The van der Waals surface area contributed by atoms with E-state index in [-0.39, 0.29) is 22.8 Å². The first-order chi connectivity index (χ1) is 16.7. The number of carbonyl (C=O) groups is 1. The molecule has 0 aromatic heterocycles. The predicted molar refractivity (Wildman–Crippen MR) is 135 cm³/mol. The molecule has 2 N–H and O–H groups in total. The van der Waals surface area contributed by atoms with Crippen molar-refractivity contribution >= 4 is 37.3 Å². The summed E-state index contributed by atoms with van der Waals surface area (Å²) in [5, 5.41) is 2.67. The van der Waals surface area contributed by atoms with Crippen LogP contribution in [0.3, 0.4) is 0 Å². The van der Waals surface area contributed by atoms with Crippen LogP contribution >= 0.6 is 0 Å². The summed E-state index contributed by atoms with van der Waals surface area (Å²) in [5.74, 6) is -0.392. The summed E-state index contributed by atoms with van der Waals surface area (Å²) in [6.45, 7) is 2.21. The summed E-state index contributed by atoms with van der Waals surface area (Å²) in [6, 6.07) is 19.9. The number of anilines is 2. The minimum Gasteiger partial charge on any atom is -0.326 e. The van der Waals surface area contributed by atoms with Gasteiger partial charge in [0.05, 0.1) is 15.5 Å². The highest BCUT2D eigenvalue weighted by molar-refractivity contribution is 7.92. The van der Waals surface area contributed by atoms with E-state index in [1.807, 2.05) is 31.2 Å². The topological polar surface area (TPSA) is 113 Å². The van der Waals surface area contributed by atoms with Gasteiger partial charge in [-0.3, -0.25) is 9.10 Å². The molecule has 1 heterocycles. The van der Waals surface area contributed by atoms with Gasteiger partial charge >= 0.3 is 0 Å². The molecule has 184 valence electrons. The SMILES string of the molecule is Cc1ccc(S(=O)(=O)NCCC(=O)Nc2ccc(S(=O)(=O)N3CCCc4ccccc43)cc2)cc1. The maximum absolute atomic E-state index is 13.2. The highest BCUT2D eigenvalue weighted by atomic mass is 32.2. The molecule has 1 aliphatic heterocycles. The maximum atomic E-state index is 13.2. The molecule has 0 spiro atoms. The third kappa shape index (κ3) is 5.72. The molecule has 0 unspecified atom stereocenters. The smallest absolute Gasteiger partial charge is 0.264 e. The first-order valence-electron chi connectivity index (χ1n) is 11.2. The lowest BCUT2D eigenvalue weighted by atomic mass is 10.0. The largest absolute Gasteiger partial charge is 0.326 e. The van der Waals surface area contributed by atoms with E-state index in [0.29, 0.717) is 17.9 Å². The fourth-order valence-electron chi connectivity index (χ4n) is 3.91. The van der Waals surface area contributed by atoms with Crippen molar-refractivity contribution in [1.82, 2.24) is 4.72 Å². The minimum atomic E-state index is -3.74. The average molecular weight is 514 g/mol. The normalized spacial score (nSPS) is 13.8. The average Bonchev–Trinajstić information content (AvgIpc) is 2.84. The molecule has 0 bridgehead atoms. The lowest BCUT2D eigenvalue weighted by Gasteiger charge is -2.30. The molecule has 0 saturated carbocycles. The van der Waals surface area contributed by atoms with E-state index in [2.05, 4.69) is 10.0 Å². The lowest BCUT2D eigenvalue weighted by Crippen LogP contribution is -2.35. The van der Waals surface area contributed by atoms with Crippen LogP contribution in [0.15, 0.2) is 82.6 Å². The molecule has 0 atom stereocenters. The van der Waals surface area contributed by atoms with Gasteiger partial charge in [0.1, 0.15) is 0 Å². The molecule has 10 heteroatoms. The van der Waals surface area contributed by atoms with Crippen molar-refractivity contribution in [2.75, 3.05) is 22.7 Å². The Kier molecular flexibility index (Phi) is 7.25. The fraction of sp³-hybridized carbons (Fsp3) is 0.240. The second-order valence-corrected chi connectivity index (χ2v) is 12.0. The molecule has 1 amide bonds. The number of sulfonamides is 2. The molecule has 0 radical (unpaired) electrons. The summed E-state index contributed by atoms with van der Waals surface area (Å²) < 4.78 is 54.9. The zero-order chi connectivity index (χ0) is 25.1. The molecule has 0 fully saturated rings. The summed E-state index contributed by atoms with van der Waals surface area (Å²) in [4.78, 5) is 12.5. The summed E-state index contributed by atoms with van der Waals surface area (Å²) in [7, 11) is -7.44. The molecule has 35 heavy (non-hydrogen) atoms. The number of fused-ring (bicyclic) bond motifs is 1. The van der Waals surface area contributed by atoms with Gasteiger partial charge in [0.2, 0.25) is 15.9 Å². The Morgan fingerprint density at radius 3 is 2.26 bits per heavy atom. The summed E-state index contributed by atoms with van der Waals surface area (Å²) in [6.07, 6.45) is 1.52. The van der Waals surface area contributed by atoms with Gasteiger partial charge in [-0.1, -0.05) is 35.9 Å². The summed E-state index contributed by atoms with van der Waals surface area (Å²) in [5.41, 5.74) is 3.07. The Morgan fingerprint density at radius 2 is 1.54 bits per heavy atom. The fourth-order valence-corrected chi connectivity index (χ4v) is 6.48. The van der Waals surface area contributed by atoms with Gasteiger partial charge in [0.15, 0.2) is 0 Å². The van der Waals surface area contributed by atoms with Crippen LogP contribution in [0.4, 0.5) is 11.4 Å². The molecule has 3 aromatic carbocycles. The van der Waals surface area contributed by atoms with E-state index < -0.39 is 26.0 Å². The highest BCUT2D eigenvalue weighted by Crippen LogP contribution is 2.32. The predicted octanol–water partition coefficient (Wildman–Crippen LogP) is 3.44. The number of hydrogen-bond acceptors (Lipinski definition) is 5. The van der Waals surface area contributed by atoms with Crippen LogP contribution in [0.5, 0.6) is 0 Å². The van der Waals surface area contributed by atoms with E-state index >= 15 is 0 Å². The van der Waals surface area contributed by atoms with Crippen LogP contribution < -0.4 is 14.3 Å². The van der Waals surface area contributed by atoms with Gasteiger partial charge in [-0.15, -0.1) is 0 Å². The monoisotopic (exact) mass is 513 g/mol. The van der Waals surface area contributed by atoms with Crippen molar-refractivity contribution in [1.29, 1.82) is 0 Å². The maximum Gasteiger partial charge on any atom is 0.264 e. The molecule has 3 aromatic rings. The van der Waals surface area contributed by atoms with Crippen LogP contribution in [0.25, 0.3) is 0 Å². The number of carbonyl (C=O) groups excluding carboxylic acids is 1. The van der Waals surface area contributed by atoms with Gasteiger partial charge in [-0.2, -0.15) is 0 Å². The Bertz CT molecular complexity index is 1420. The van der Waals surface area contributed by atoms with Gasteiger partial charge in [-0.05, 0) is 67.8 Å². The summed E-state index contributed by atoms with van der Waals surface area (Å²) >= 11 is 0. The Hall–Kier alpha value is -3.21. The molecule has 4 rings (SSSR count). The van der Waals surface area contributed by atoms with E-state index in [1.54, 1.807) is 12.1 Å². The number of aryl methyl sites for hydroxylation is 2. The van der Waals surface area contributed by atoms with Crippen LogP contribution in [0, 0.1) is 6.92 Å². The number of benzene rings is 3. The van der Waals surface area contributed by atoms with Crippen molar-refractivity contribution < 1.29 is 21.6 Å². The number of hydrogen-bond donors (Lipinski definition) is 2. The van der Waals surface area contributed by atoms with Crippen molar-refractivity contribution in [2.24, 2.45) is 0 Å². The van der Waals surface area contributed by atoms with E-state index in [9.17, 15) is 21.6 Å². The van der Waals surface area contributed by atoms with Crippen molar-refractivity contribution in [3.8, 4) is 0 Å². The van der Waals surface area contributed by atoms with Crippen LogP contribution in [0.2, 0.25) is 0 Å². The lowest BCUT2D eigenvalue weighted by molar-refractivity contribution is -0.116. The first kappa shape index (κ1) is 24.9. The zero-order valence-corrected chi connectivity index (χ0v) is 20.9. The highest BCUT2D eigenvalue weighted by Gasteiger charge is 2.28. The number of amides is 1. The van der Waals surface area contributed by atoms with Crippen molar-refractivity contribution in [3.63, 3.8) is 0 Å². The molecule has 0 saturated heterocycles. The Labute approximate surface area is 206 Å². The van der Waals surface area contributed by atoms with Gasteiger partial charge in [0.25, 0.3) is 10.0 Å². The van der Waals surface area contributed by atoms with Crippen LogP contribution in [-0.2, 0) is 31.3 Å². The second-order valence-electron chi connectivity index (χ2n) is 8.34. The Morgan fingerprint density at radius 1 is 0.886 bits per heavy atom. The third-order valence-corrected chi connectivity index (χ3v) is 9.07. The number of nitrogens with zero attached hydrogens (tertiary/aromatic N) is 1. The molecule has 0 aliphatic carbocycles. The second kappa shape index (κ2) is 10.2. The quantitative estimate of drug-likeness (QED) is 0.479. The molecular formula is C25H27N3O5S2. The number of para-hydroxylation sites is 1. The van der Waals surface area contributed by atoms with Gasteiger partial charge in [0, 0.05) is 25.2 Å². The third-order valence-electron chi connectivity index (χ3n) is 5.77. The van der Waals surface area contributed by atoms with Crippen LogP contribution in [-0.4, -0.2) is 35.8 Å². The van der Waals surface area contributed by atoms with Crippen LogP contribution in [0.1, 0.15) is 24.0 Å². The number of rotatable bonds is 8. The van der Waals surface area contributed by atoms with E-state index in [0.717, 1.165) is 24.0 Å². The molecule has 8 nitrogen and oxygen atoms in total. The first-order valence-corrected chi connectivity index (χ1v) is 14.2. The zero-order valence-electron chi connectivity index (χ0n) is 19.3. The minimum absolute atomic E-state index is 0.0666. The van der Waals surface area contributed by atoms with E-state index in [4.69, 9.17) is 0 Å². The van der Waals surface area contributed by atoms with Crippen molar-refractivity contribution in [2.45, 2.75) is 36.0 Å². The Balaban J connectivity index is 1.35. The van der Waals surface area contributed by atoms with E-state index in [1.165, 1.54) is 40.7 Å². The molecular weight excluding hydrogens is 486 g/mol.